The van der Waals surface area contributed by atoms with Crippen LogP contribution in [0.3, 0.4) is 0 Å². The summed E-state index contributed by atoms with van der Waals surface area (Å²) in [7, 11) is 0. The van der Waals surface area contributed by atoms with E-state index in [4.69, 9.17) is 10.8 Å². The van der Waals surface area contributed by atoms with E-state index in [0.717, 1.165) is 25.7 Å². The largest absolute Gasteiger partial charge is 0.393 e. The SMILES string of the molecule is CCCCC(N)C(=O)NCCCC(C)O. The zero-order valence-electron chi connectivity index (χ0n) is 9.83. The predicted molar refractivity (Wildman–Crippen MR) is 61.4 cm³/mol. The van der Waals surface area contributed by atoms with Crippen LogP contribution in [0.1, 0.15) is 46.0 Å². The van der Waals surface area contributed by atoms with Gasteiger partial charge in [-0.2, -0.15) is 0 Å². The molecule has 0 rings (SSSR count). The Morgan fingerprint density at radius 2 is 2.07 bits per heavy atom. The Morgan fingerprint density at radius 3 is 2.60 bits per heavy atom. The maximum absolute atomic E-state index is 11.4. The van der Waals surface area contributed by atoms with E-state index in [9.17, 15) is 4.79 Å². The van der Waals surface area contributed by atoms with E-state index in [1.807, 2.05) is 0 Å². The third-order valence-electron chi connectivity index (χ3n) is 2.30. The molecule has 0 aromatic carbocycles. The van der Waals surface area contributed by atoms with Crippen LogP contribution < -0.4 is 11.1 Å². The highest BCUT2D eigenvalue weighted by atomic mass is 16.3. The van der Waals surface area contributed by atoms with Gasteiger partial charge in [0.15, 0.2) is 0 Å². The van der Waals surface area contributed by atoms with Crippen molar-refractivity contribution < 1.29 is 9.90 Å². The average molecular weight is 216 g/mol. The van der Waals surface area contributed by atoms with Gasteiger partial charge in [0, 0.05) is 6.54 Å². The Hall–Kier alpha value is -0.610. The lowest BCUT2D eigenvalue weighted by molar-refractivity contribution is -0.122. The van der Waals surface area contributed by atoms with Crippen molar-refractivity contribution in [3.05, 3.63) is 0 Å². The van der Waals surface area contributed by atoms with Crippen LogP contribution in [0.2, 0.25) is 0 Å². The van der Waals surface area contributed by atoms with Crippen molar-refractivity contribution in [3.8, 4) is 0 Å². The van der Waals surface area contributed by atoms with Gasteiger partial charge in [-0.15, -0.1) is 0 Å². The first-order valence-corrected chi connectivity index (χ1v) is 5.79. The number of nitrogens with one attached hydrogen (secondary N) is 1. The van der Waals surface area contributed by atoms with Gasteiger partial charge in [0.1, 0.15) is 0 Å². The van der Waals surface area contributed by atoms with Gasteiger partial charge < -0.3 is 16.2 Å². The summed E-state index contributed by atoms with van der Waals surface area (Å²) in [6.07, 6.45) is 4.01. The molecule has 0 saturated carbocycles. The van der Waals surface area contributed by atoms with Crippen LogP contribution in [0, 0.1) is 0 Å². The van der Waals surface area contributed by atoms with Gasteiger partial charge in [-0.1, -0.05) is 19.8 Å². The molecule has 0 radical (unpaired) electrons. The summed E-state index contributed by atoms with van der Waals surface area (Å²) >= 11 is 0. The number of carbonyl (C=O) groups excluding carboxylic acids is 1. The Bertz CT molecular complexity index is 172. The Morgan fingerprint density at radius 1 is 1.40 bits per heavy atom. The molecular formula is C11H24N2O2. The van der Waals surface area contributed by atoms with E-state index in [2.05, 4.69) is 12.2 Å². The van der Waals surface area contributed by atoms with Crippen LogP contribution in [0.15, 0.2) is 0 Å². The standard InChI is InChI=1S/C11H24N2O2/c1-3-4-7-10(12)11(15)13-8-5-6-9(2)14/h9-10,14H,3-8,12H2,1-2H3,(H,13,15). The second-order valence-electron chi connectivity index (χ2n) is 4.03. The third-order valence-corrected chi connectivity index (χ3v) is 2.30. The van der Waals surface area contributed by atoms with Crippen molar-refractivity contribution in [2.24, 2.45) is 5.73 Å². The van der Waals surface area contributed by atoms with Crippen molar-refractivity contribution >= 4 is 5.91 Å². The Balaban J connectivity index is 3.47. The Labute approximate surface area is 92.2 Å². The molecule has 0 fully saturated rings. The number of carbonyl (C=O) groups is 1. The molecule has 0 aliphatic carbocycles. The average Bonchev–Trinajstić information content (AvgIpc) is 2.20. The number of unbranched alkanes of at least 4 members (excludes halogenated alkanes) is 1. The molecule has 0 aromatic heterocycles. The lowest BCUT2D eigenvalue weighted by atomic mass is 10.1. The highest BCUT2D eigenvalue weighted by molar-refractivity contribution is 5.81. The maximum atomic E-state index is 11.4. The summed E-state index contributed by atoms with van der Waals surface area (Å²) in [5, 5.41) is 11.8. The lowest BCUT2D eigenvalue weighted by Crippen LogP contribution is -2.40. The normalized spacial score (nSPS) is 14.7. The van der Waals surface area contributed by atoms with Gasteiger partial charge in [0.05, 0.1) is 12.1 Å². The highest BCUT2D eigenvalue weighted by Crippen LogP contribution is 1.98. The zero-order valence-corrected chi connectivity index (χ0v) is 9.83. The number of aliphatic hydroxyl groups is 1. The van der Waals surface area contributed by atoms with Gasteiger partial charge in [0.25, 0.3) is 0 Å². The number of amides is 1. The van der Waals surface area contributed by atoms with Crippen LogP contribution in [-0.2, 0) is 4.79 Å². The van der Waals surface area contributed by atoms with Gasteiger partial charge in [-0.25, -0.2) is 0 Å². The molecule has 4 heteroatoms. The second kappa shape index (κ2) is 8.68. The van der Waals surface area contributed by atoms with Gasteiger partial charge >= 0.3 is 0 Å². The van der Waals surface area contributed by atoms with Crippen molar-refractivity contribution in [2.45, 2.75) is 58.1 Å². The summed E-state index contributed by atoms with van der Waals surface area (Å²) in [4.78, 5) is 11.4. The van der Waals surface area contributed by atoms with Crippen LogP contribution in [0.5, 0.6) is 0 Å². The van der Waals surface area contributed by atoms with Crippen molar-refractivity contribution in [2.75, 3.05) is 6.54 Å². The minimum atomic E-state index is -0.378. The summed E-state index contributed by atoms with van der Waals surface area (Å²) in [6, 6.07) is -0.378. The molecular weight excluding hydrogens is 192 g/mol. The summed E-state index contributed by atoms with van der Waals surface area (Å²) in [5.41, 5.74) is 5.68. The van der Waals surface area contributed by atoms with E-state index < -0.39 is 0 Å². The second-order valence-corrected chi connectivity index (χ2v) is 4.03. The van der Waals surface area contributed by atoms with E-state index in [-0.39, 0.29) is 18.1 Å². The minimum Gasteiger partial charge on any atom is -0.393 e. The molecule has 15 heavy (non-hydrogen) atoms. The van der Waals surface area contributed by atoms with Crippen LogP contribution in [0.4, 0.5) is 0 Å². The fourth-order valence-electron chi connectivity index (χ4n) is 1.30. The molecule has 4 N–H and O–H groups in total. The number of hydrogen-bond acceptors (Lipinski definition) is 3. The molecule has 1 amide bonds. The van der Waals surface area contributed by atoms with E-state index >= 15 is 0 Å². The van der Waals surface area contributed by atoms with E-state index in [0.29, 0.717) is 13.0 Å². The number of hydrogen-bond donors (Lipinski definition) is 3. The van der Waals surface area contributed by atoms with Gasteiger partial charge in [-0.3, -0.25) is 4.79 Å². The summed E-state index contributed by atoms with van der Waals surface area (Å²) < 4.78 is 0. The topological polar surface area (TPSA) is 75.4 Å². The van der Waals surface area contributed by atoms with Gasteiger partial charge in [-0.05, 0) is 26.2 Å². The zero-order chi connectivity index (χ0) is 11.7. The molecule has 0 aliphatic heterocycles. The van der Waals surface area contributed by atoms with Crippen molar-refractivity contribution in [1.82, 2.24) is 5.32 Å². The van der Waals surface area contributed by atoms with Crippen molar-refractivity contribution in [1.29, 1.82) is 0 Å². The first kappa shape index (κ1) is 14.4. The number of aliphatic hydroxyl groups excluding tert-OH is 1. The minimum absolute atomic E-state index is 0.0750. The first-order valence-electron chi connectivity index (χ1n) is 5.79. The fraction of sp³-hybridized carbons (Fsp3) is 0.909. The molecule has 0 bridgehead atoms. The molecule has 90 valence electrons. The highest BCUT2D eigenvalue weighted by Gasteiger charge is 2.11. The quantitative estimate of drug-likeness (QED) is 0.525. The maximum Gasteiger partial charge on any atom is 0.236 e. The predicted octanol–water partition coefficient (Wildman–Crippen LogP) is 0.781. The molecule has 4 nitrogen and oxygen atoms in total. The Kier molecular flexibility index (Phi) is 8.33. The third kappa shape index (κ3) is 8.39. The van der Waals surface area contributed by atoms with E-state index in [1.54, 1.807) is 6.92 Å². The monoisotopic (exact) mass is 216 g/mol. The lowest BCUT2D eigenvalue weighted by Gasteiger charge is -2.11. The molecule has 2 atom stereocenters. The van der Waals surface area contributed by atoms with Crippen LogP contribution in [0.25, 0.3) is 0 Å². The molecule has 2 unspecified atom stereocenters. The molecule has 0 saturated heterocycles. The van der Waals surface area contributed by atoms with Crippen molar-refractivity contribution in [3.63, 3.8) is 0 Å². The molecule has 0 aromatic rings. The smallest absolute Gasteiger partial charge is 0.236 e. The summed E-state index contributed by atoms with van der Waals surface area (Å²) in [5.74, 6) is -0.0750. The molecule has 0 aliphatic rings. The van der Waals surface area contributed by atoms with Crippen LogP contribution in [-0.4, -0.2) is 29.7 Å². The first-order chi connectivity index (χ1) is 7.07. The summed E-state index contributed by atoms with van der Waals surface area (Å²) in [6.45, 7) is 4.42. The van der Waals surface area contributed by atoms with Gasteiger partial charge in [0.2, 0.25) is 5.91 Å². The number of rotatable bonds is 8. The van der Waals surface area contributed by atoms with E-state index in [1.165, 1.54) is 0 Å². The molecule has 0 spiro atoms. The fourth-order valence-corrected chi connectivity index (χ4v) is 1.30. The van der Waals surface area contributed by atoms with Crippen LogP contribution >= 0.6 is 0 Å². The number of nitrogens with two attached hydrogens (primary N) is 1. The molecule has 0 heterocycles.